The third-order valence-electron chi connectivity index (χ3n) is 4.28. The van der Waals surface area contributed by atoms with Crippen LogP contribution in [0.1, 0.15) is 31.2 Å². The van der Waals surface area contributed by atoms with E-state index in [2.05, 4.69) is 5.32 Å². The Kier molecular flexibility index (Phi) is 3.19. The van der Waals surface area contributed by atoms with Crippen molar-refractivity contribution in [1.29, 1.82) is 0 Å². The first-order valence-corrected chi connectivity index (χ1v) is 6.88. The second kappa shape index (κ2) is 4.85. The van der Waals surface area contributed by atoms with Crippen molar-refractivity contribution < 1.29 is 9.53 Å². The van der Waals surface area contributed by atoms with Crippen LogP contribution in [-0.4, -0.2) is 18.2 Å². The highest BCUT2D eigenvalue weighted by atomic mass is 16.5. The lowest BCUT2D eigenvalue weighted by Crippen LogP contribution is -2.59. The van der Waals surface area contributed by atoms with Gasteiger partial charge in [-0.1, -0.05) is 30.3 Å². The van der Waals surface area contributed by atoms with Gasteiger partial charge in [0.1, 0.15) is 6.61 Å². The van der Waals surface area contributed by atoms with Crippen LogP contribution >= 0.6 is 0 Å². The number of benzene rings is 1. The number of hydrogen-bond donors (Lipinski definition) is 2. The van der Waals surface area contributed by atoms with E-state index >= 15 is 0 Å². The molecule has 3 rings (SSSR count). The number of amides is 1. The molecule has 0 radical (unpaired) electrons. The molecule has 0 aliphatic heterocycles. The summed E-state index contributed by atoms with van der Waals surface area (Å²) in [6, 6.07) is 10.4. The Hall–Kier alpha value is -1.55. The molecule has 2 aliphatic rings. The predicted molar refractivity (Wildman–Crippen MR) is 72.4 cm³/mol. The van der Waals surface area contributed by atoms with Crippen molar-refractivity contribution in [3.63, 3.8) is 0 Å². The number of carbonyl (C=O) groups is 1. The van der Waals surface area contributed by atoms with E-state index in [1.54, 1.807) is 0 Å². The second-order valence-corrected chi connectivity index (χ2v) is 5.98. The van der Waals surface area contributed by atoms with Crippen molar-refractivity contribution in [3.05, 3.63) is 35.9 Å². The van der Waals surface area contributed by atoms with E-state index in [0.717, 1.165) is 31.2 Å². The van der Waals surface area contributed by atoms with Crippen LogP contribution in [0.15, 0.2) is 30.3 Å². The number of nitrogens with two attached hydrogens (primary N) is 1. The molecule has 3 N–H and O–H groups in total. The van der Waals surface area contributed by atoms with Crippen molar-refractivity contribution in [2.24, 2.45) is 11.1 Å². The minimum absolute atomic E-state index is 0.274. The molecule has 4 heteroatoms. The van der Waals surface area contributed by atoms with E-state index < -0.39 is 0 Å². The molecule has 1 aromatic rings. The Morgan fingerprint density at radius 2 is 1.95 bits per heavy atom. The van der Waals surface area contributed by atoms with Crippen molar-refractivity contribution in [2.75, 3.05) is 0 Å². The van der Waals surface area contributed by atoms with Crippen molar-refractivity contribution in [1.82, 2.24) is 5.32 Å². The number of nitrogens with one attached hydrogen (secondary N) is 1. The van der Waals surface area contributed by atoms with Crippen LogP contribution in [0.2, 0.25) is 0 Å². The van der Waals surface area contributed by atoms with Gasteiger partial charge in [-0.15, -0.1) is 0 Å². The van der Waals surface area contributed by atoms with Gasteiger partial charge in [-0.25, -0.2) is 4.79 Å². The monoisotopic (exact) mass is 260 g/mol. The van der Waals surface area contributed by atoms with Crippen molar-refractivity contribution >= 4 is 6.09 Å². The molecule has 0 saturated heterocycles. The number of rotatable bonds is 3. The second-order valence-electron chi connectivity index (χ2n) is 5.98. The van der Waals surface area contributed by atoms with Crippen molar-refractivity contribution in [2.45, 2.75) is 44.4 Å². The van der Waals surface area contributed by atoms with Gasteiger partial charge in [-0.05, 0) is 36.7 Å². The molecule has 2 saturated carbocycles. The fourth-order valence-corrected chi connectivity index (χ4v) is 3.41. The first-order chi connectivity index (χ1) is 9.15. The number of hydrogen-bond acceptors (Lipinski definition) is 3. The van der Waals surface area contributed by atoms with Crippen LogP contribution in [0, 0.1) is 5.41 Å². The Morgan fingerprint density at radius 3 is 2.58 bits per heavy atom. The molecule has 0 unspecified atom stereocenters. The van der Waals surface area contributed by atoms with E-state index in [-0.39, 0.29) is 12.1 Å². The van der Waals surface area contributed by atoms with Gasteiger partial charge in [-0.2, -0.15) is 0 Å². The largest absolute Gasteiger partial charge is 0.445 e. The summed E-state index contributed by atoms with van der Waals surface area (Å²) in [5.41, 5.74) is 7.26. The molecule has 0 atom stereocenters. The van der Waals surface area contributed by atoms with E-state index in [1.807, 2.05) is 30.3 Å². The highest BCUT2D eigenvalue weighted by molar-refractivity contribution is 5.67. The van der Waals surface area contributed by atoms with Gasteiger partial charge in [0.2, 0.25) is 0 Å². The fraction of sp³-hybridized carbons (Fsp3) is 0.533. The minimum Gasteiger partial charge on any atom is -0.445 e. The SMILES string of the molecule is NC1CC2(C1)CC(NC(=O)OCc1ccccc1)C2. The van der Waals surface area contributed by atoms with Crippen LogP contribution in [0.4, 0.5) is 4.79 Å². The van der Waals surface area contributed by atoms with Gasteiger partial charge in [0.25, 0.3) is 0 Å². The average Bonchev–Trinajstić information content (AvgIpc) is 2.33. The van der Waals surface area contributed by atoms with Gasteiger partial charge in [0.15, 0.2) is 0 Å². The maximum absolute atomic E-state index is 11.6. The third kappa shape index (κ3) is 2.73. The maximum atomic E-state index is 11.6. The van der Waals surface area contributed by atoms with Gasteiger partial charge in [-0.3, -0.25) is 0 Å². The Labute approximate surface area is 113 Å². The zero-order valence-electron chi connectivity index (χ0n) is 11.0. The van der Waals surface area contributed by atoms with Gasteiger partial charge in [0, 0.05) is 12.1 Å². The van der Waals surface area contributed by atoms with E-state index in [4.69, 9.17) is 10.5 Å². The Bertz CT molecular complexity index is 446. The Balaban J connectivity index is 1.37. The summed E-state index contributed by atoms with van der Waals surface area (Å²) in [6.07, 6.45) is 4.03. The molecule has 0 heterocycles. The van der Waals surface area contributed by atoms with Gasteiger partial charge >= 0.3 is 6.09 Å². The number of ether oxygens (including phenoxy) is 1. The summed E-state index contributed by atoms with van der Waals surface area (Å²) < 4.78 is 5.20. The zero-order chi connectivity index (χ0) is 13.3. The summed E-state index contributed by atoms with van der Waals surface area (Å²) in [4.78, 5) is 11.6. The predicted octanol–water partition coefficient (Wildman–Crippen LogP) is 2.18. The maximum Gasteiger partial charge on any atom is 0.407 e. The molecule has 0 bridgehead atoms. The first kappa shape index (κ1) is 12.5. The molecule has 1 amide bonds. The summed E-state index contributed by atoms with van der Waals surface area (Å²) in [5, 5.41) is 2.92. The quantitative estimate of drug-likeness (QED) is 0.875. The number of alkyl carbamates (subject to hydrolysis) is 1. The van der Waals surface area contributed by atoms with Crippen LogP contribution in [0.5, 0.6) is 0 Å². The van der Waals surface area contributed by atoms with Crippen LogP contribution in [0.25, 0.3) is 0 Å². The molecule has 2 fully saturated rings. The van der Waals surface area contributed by atoms with E-state index in [9.17, 15) is 4.79 Å². The summed E-state index contributed by atoms with van der Waals surface area (Å²) >= 11 is 0. The topological polar surface area (TPSA) is 64.3 Å². The third-order valence-corrected chi connectivity index (χ3v) is 4.28. The van der Waals surface area contributed by atoms with Crippen LogP contribution in [0.3, 0.4) is 0 Å². The smallest absolute Gasteiger partial charge is 0.407 e. The van der Waals surface area contributed by atoms with Crippen molar-refractivity contribution in [3.8, 4) is 0 Å². The first-order valence-electron chi connectivity index (χ1n) is 6.88. The summed E-state index contributed by atoms with van der Waals surface area (Å²) in [5.74, 6) is 0. The highest BCUT2D eigenvalue weighted by Crippen LogP contribution is 2.55. The molecule has 1 aromatic carbocycles. The lowest BCUT2D eigenvalue weighted by atomic mass is 9.52. The van der Waals surface area contributed by atoms with E-state index in [1.165, 1.54) is 0 Å². The van der Waals surface area contributed by atoms with E-state index in [0.29, 0.717) is 18.1 Å². The summed E-state index contributed by atoms with van der Waals surface area (Å²) in [7, 11) is 0. The molecular weight excluding hydrogens is 240 g/mol. The van der Waals surface area contributed by atoms with Crippen LogP contribution < -0.4 is 11.1 Å². The average molecular weight is 260 g/mol. The van der Waals surface area contributed by atoms with Crippen LogP contribution in [-0.2, 0) is 11.3 Å². The molecule has 1 spiro atoms. The standard InChI is InChI=1S/C15H20N2O2/c16-12-6-15(7-12)8-13(9-15)17-14(18)19-10-11-4-2-1-3-5-11/h1-5,12-13H,6-10,16H2,(H,17,18). The molecule has 0 aromatic heterocycles. The lowest BCUT2D eigenvalue weighted by Gasteiger charge is -2.56. The minimum atomic E-state index is -0.313. The highest BCUT2D eigenvalue weighted by Gasteiger charge is 2.52. The molecule has 4 nitrogen and oxygen atoms in total. The number of carbonyl (C=O) groups excluding carboxylic acids is 1. The zero-order valence-corrected chi connectivity index (χ0v) is 11.0. The van der Waals surface area contributed by atoms with Gasteiger partial charge in [0.05, 0.1) is 0 Å². The summed E-state index contributed by atoms with van der Waals surface area (Å²) in [6.45, 7) is 0.329. The Morgan fingerprint density at radius 1 is 1.26 bits per heavy atom. The molecule has 2 aliphatic carbocycles. The normalized spacial score (nSPS) is 32.3. The van der Waals surface area contributed by atoms with Gasteiger partial charge < -0.3 is 15.8 Å². The molecule has 102 valence electrons. The molecular formula is C15H20N2O2. The molecule has 19 heavy (non-hydrogen) atoms. The lowest BCUT2D eigenvalue weighted by molar-refractivity contribution is -0.0178. The fourth-order valence-electron chi connectivity index (χ4n) is 3.41.